The Bertz CT molecular complexity index is 1110. The number of nitrogens with zero attached hydrogens (tertiary/aromatic N) is 1. The predicted octanol–water partition coefficient (Wildman–Crippen LogP) is 5.81. The third-order valence-corrected chi connectivity index (χ3v) is 5.56. The second kappa shape index (κ2) is 8.40. The molecule has 4 aromatic rings. The summed E-state index contributed by atoms with van der Waals surface area (Å²) in [4.78, 5) is 16.8. The fourth-order valence-corrected chi connectivity index (χ4v) is 4.12. The molecule has 3 aromatic carbocycles. The molecule has 0 saturated carbocycles. The van der Waals surface area contributed by atoms with Crippen molar-refractivity contribution < 1.29 is 9.53 Å². The zero-order chi connectivity index (χ0) is 19.3. The number of rotatable bonds is 7. The average Bonchev–Trinajstić information content (AvgIpc) is 3.12. The molecule has 4 rings (SSSR count). The van der Waals surface area contributed by atoms with E-state index in [1.165, 1.54) is 29.7 Å². The minimum atomic E-state index is -0.210. The first kappa shape index (κ1) is 18.4. The number of unbranched alkanes of at least 4 members (excludes halogenated alkanes) is 1. The Balaban J connectivity index is 1.42. The second-order valence-corrected chi connectivity index (χ2v) is 7.77. The molecule has 5 heteroatoms. The van der Waals surface area contributed by atoms with Crippen molar-refractivity contribution in [2.45, 2.75) is 26.2 Å². The summed E-state index contributed by atoms with van der Waals surface area (Å²) in [5.41, 5.74) is 2.23. The average molecular weight is 391 g/mol. The molecular formula is C23H22N2O2S. The fourth-order valence-electron chi connectivity index (χ4n) is 3.18. The Morgan fingerprint density at radius 2 is 1.96 bits per heavy atom. The highest BCUT2D eigenvalue weighted by Crippen LogP contribution is 2.28. The van der Waals surface area contributed by atoms with E-state index in [2.05, 4.69) is 29.4 Å². The van der Waals surface area contributed by atoms with Gasteiger partial charge in [-0.3, -0.25) is 10.1 Å². The largest absolute Gasteiger partial charge is 0.483 e. The van der Waals surface area contributed by atoms with E-state index in [0.29, 0.717) is 10.9 Å². The van der Waals surface area contributed by atoms with Crippen molar-refractivity contribution in [2.24, 2.45) is 0 Å². The van der Waals surface area contributed by atoms with Gasteiger partial charge in [0.2, 0.25) is 0 Å². The number of nitrogens with one attached hydrogen (secondary N) is 1. The molecule has 0 atom stereocenters. The fraction of sp³-hybridized carbons (Fsp3) is 0.217. The number of anilines is 1. The van der Waals surface area contributed by atoms with Gasteiger partial charge < -0.3 is 4.74 Å². The van der Waals surface area contributed by atoms with Crippen LogP contribution in [0.3, 0.4) is 0 Å². The number of amides is 1. The lowest BCUT2D eigenvalue weighted by atomic mass is 10.1. The molecule has 0 unspecified atom stereocenters. The van der Waals surface area contributed by atoms with Crippen molar-refractivity contribution in [3.8, 4) is 5.75 Å². The molecule has 0 fully saturated rings. The first-order valence-corrected chi connectivity index (χ1v) is 10.3. The lowest BCUT2D eigenvalue weighted by molar-refractivity contribution is -0.118. The summed E-state index contributed by atoms with van der Waals surface area (Å²) < 4.78 is 6.85. The van der Waals surface area contributed by atoms with Crippen molar-refractivity contribution in [2.75, 3.05) is 11.9 Å². The van der Waals surface area contributed by atoms with Crippen LogP contribution < -0.4 is 10.1 Å². The number of carbonyl (C=O) groups is 1. The highest BCUT2D eigenvalue weighted by molar-refractivity contribution is 7.22. The lowest BCUT2D eigenvalue weighted by Gasteiger charge is -2.08. The molecular weight excluding hydrogens is 368 g/mol. The van der Waals surface area contributed by atoms with Crippen LogP contribution in [0.1, 0.15) is 25.3 Å². The van der Waals surface area contributed by atoms with Gasteiger partial charge in [0.15, 0.2) is 11.7 Å². The second-order valence-electron chi connectivity index (χ2n) is 6.74. The molecule has 0 radical (unpaired) electrons. The molecule has 0 aliphatic rings. The highest BCUT2D eigenvalue weighted by atomic mass is 32.1. The normalized spacial score (nSPS) is 11.0. The van der Waals surface area contributed by atoms with Gasteiger partial charge in [0.25, 0.3) is 5.91 Å². The van der Waals surface area contributed by atoms with Crippen molar-refractivity contribution in [3.63, 3.8) is 0 Å². The molecule has 0 spiro atoms. The number of aryl methyl sites for hydroxylation is 1. The summed E-state index contributed by atoms with van der Waals surface area (Å²) in [6.07, 6.45) is 3.43. The number of fused-ring (bicyclic) bond motifs is 2. The van der Waals surface area contributed by atoms with Gasteiger partial charge >= 0.3 is 0 Å². The Morgan fingerprint density at radius 3 is 2.86 bits per heavy atom. The van der Waals surface area contributed by atoms with Crippen LogP contribution in [0.4, 0.5) is 5.13 Å². The topological polar surface area (TPSA) is 51.2 Å². The molecule has 4 nitrogen and oxygen atoms in total. The van der Waals surface area contributed by atoms with Crippen LogP contribution >= 0.6 is 11.3 Å². The number of ether oxygens (including phenoxy) is 1. The quantitative estimate of drug-likeness (QED) is 0.433. The van der Waals surface area contributed by atoms with E-state index >= 15 is 0 Å². The van der Waals surface area contributed by atoms with Crippen molar-refractivity contribution in [1.29, 1.82) is 0 Å². The molecule has 1 amide bonds. The number of benzene rings is 3. The standard InChI is InChI=1S/C23H22N2O2S/c1-2-3-7-16-12-13-19-21(14-16)28-23(24-19)25-22(26)15-27-20-11-6-9-17-8-4-5-10-18(17)20/h4-6,8-14H,2-3,7,15H2,1H3,(H,24,25,26). The molecule has 1 heterocycles. The summed E-state index contributed by atoms with van der Waals surface area (Å²) in [5, 5.41) is 5.55. The molecule has 0 aliphatic heterocycles. The van der Waals surface area contributed by atoms with E-state index in [0.717, 1.165) is 27.4 Å². The smallest absolute Gasteiger partial charge is 0.264 e. The Morgan fingerprint density at radius 1 is 1.11 bits per heavy atom. The Kier molecular flexibility index (Phi) is 5.53. The van der Waals surface area contributed by atoms with Crippen LogP contribution in [-0.4, -0.2) is 17.5 Å². The number of hydrogen-bond acceptors (Lipinski definition) is 4. The van der Waals surface area contributed by atoms with Crippen LogP contribution in [0.15, 0.2) is 60.7 Å². The zero-order valence-electron chi connectivity index (χ0n) is 15.8. The molecule has 0 saturated heterocycles. The maximum absolute atomic E-state index is 12.3. The minimum absolute atomic E-state index is 0.0499. The van der Waals surface area contributed by atoms with Crippen molar-refractivity contribution in [3.05, 3.63) is 66.2 Å². The van der Waals surface area contributed by atoms with Crippen LogP contribution in [-0.2, 0) is 11.2 Å². The predicted molar refractivity (Wildman–Crippen MR) is 116 cm³/mol. The van der Waals surface area contributed by atoms with Crippen LogP contribution in [0.25, 0.3) is 21.0 Å². The SMILES string of the molecule is CCCCc1ccc2nc(NC(=O)COc3cccc4ccccc34)sc2c1. The zero-order valence-corrected chi connectivity index (χ0v) is 16.6. The van der Waals surface area contributed by atoms with Crippen molar-refractivity contribution in [1.82, 2.24) is 4.98 Å². The molecule has 1 N–H and O–H groups in total. The van der Waals surface area contributed by atoms with E-state index in [1.807, 2.05) is 48.5 Å². The van der Waals surface area contributed by atoms with E-state index in [9.17, 15) is 4.79 Å². The first-order chi connectivity index (χ1) is 13.7. The Labute approximate surface area is 168 Å². The van der Waals surface area contributed by atoms with Gasteiger partial charge in [0.05, 0.1) is 10.2 Å². The van der Waals surface area contributed by atoms with Crippen LogP contribution in [0.5, 0.6) is 5.75 Å². The monoisotopic (exact) mass is 390 g/mol. The van der Waals surface area contributed by atoms with E-state index < -0.39 is 0 Å². The molecule has 0 bridgehead atoms. The number of carbonyl (C=O) groups excluding carboxylic acids is 1. The summed E-state index contributed by atoms with van der Waals surface area (Å²) >= 11 is 1.50. The number of aromatic nitrogens is 1. The molecule has 28 heavy (non-hydrogen) atoms. The maximum Gasteiger partial charge on any atom is 0.264 e. The highest BCUT2D eigenvalue weighted by Gasteiger charge is 2.10. The van der Waals surface area contributed by atoms with Gasteiger partial charge in [0, 0.05) is 5.39 Å². The summed E-state index contributed by atoms with van der Waals surface area (Å²) in [5.74, 6) is 0.497. The number of thiazole rings is 1. The summed E-state index contributed by atoms with van der Waals surface area (Å²) in [6, 6.07) is 20.1. The van der Waals surface area contributed by atoms with Gasteiger partial charge in [0.1, 0.15) is 5.75 Å². The minimum Gasteiger partial charge on any atom is -0.483 e. The first-order valence-electron chi connectivity index (χ1n) is 9.53. The third kappa shape index (κ3) is 4.15. The van der Waals surface area contributed by atoms with E-state index in [4.69, 9.17) is 4.74 Å². The van der Waals surface area contributed by atoms with Gasteiger partial charge in [-0.05, 0) is 42.0 Å². The molecule has 1 aromatic heterocycles. The van der Waals surface area contributed by atoms with Crippen molar-refractivity contribution >= 4 is 43.4 Å². The van der Waals surface area contributed by atoms with Gasteiger partial charge in [-0.15, -0.1) is 0 Å². The third-order valence-electron chi connectivity index (χ3n) is 4.63. The summed E-state index contributed by atoms with van der Waals surface area (Å²) in [6.45, 7) is 2.14. The van der Waals surface area contributed by atoms with E-state index in [1.54, 1.807) is 0 Å². The maximum atomic E-state index is 12.3. The van der Waals surface area contributed by atoms with E-state index in [-0.39, 0.29) is 12.5 Å². The van der Waals surface area contributed by atoms with Gasteiger partial charge in [-0.2, -0.15) is 0 Å². The lowest BCUT2D eigenvalue weighted by Crippen LogP contribution is -2.20. The van der Waals surface area contributed by atoms with Crippen LogP contribution in [0.2, 0.25) is 0 Å². The van der Waals surface area contributed by atoms with Gasteiger partial charge in [-0.1, -0.05) is 67.1 Å². The molecule has 0 aliphatic carbocycles. The molecule has 142 valence electrons. The summed E-state index contributed by atoms with van der Waals surface area (Å²) in [7, 11) is 0. The van der Waals surface area contributed by atoms with Crippen LogP contribution in [0, 0.1) is 0 Å². The Hall–Kier alpha value is -2.92. The van der Waals surface area contributed by atoms with Gasteiger partial charge in [-0.25, -0.2) is 4.98 Å². The number of hydrogen-bond donors (Lipinski definition) is 1.